The van der Waals surface area contributed by atoms with Crippen LogP contribution in [0.3, 0.4) is 0 Å². The van der Waals surface area contributed by atoms with Crippen LogP contribution in [0.25, 0.3) is 0 Å². The van der Waals surface area contributed by atoms with Crippen molar-refractivity contribution in [2.45, 2.75) is 69.9 Å². The van der Waals surface area contributed by atoms with Crippen LogP contribution in [0, 0.1) is 5.92 Å². The van der Waals surface area contributed by atoms with Gasteiger partial charge in [-0.2, -0.15) is 0 Å². The number of nitrogens with one attached hydrogen (secondary N) is 1. The van der Waals surface area contributed by atoms with E-state index in [0.29, 0.717) is 18.1 Å². The molecule has 2 unspecified atom stereocenters. The number of aliphatic imine (C=N–C) groups is 1. The maximum Gasteiger partial charge on any atom is 0.194 e. The molecule has 0 aromatic heterocycles. The summed E-state index contributed by atoms with van der Waals surface area (Å²) in [5.41, 5.74) is 1.45. The fourth-order valence-electron chi connectivity index (χ4n) is 4.66. The summed E-state index contributed by atoms with van der Waals surface area (Å²) in [6.07, 6.45) is 9.48. The number of piperidine rings is 1. The summed E-state index contributed by atoms with van der Waals surface area (Å²) >= 11 is 0. The van der Waals surface area contributed by atoms with Crippen molar-refractivity contribution in [1.82, 2.24) is 10.2 Å². The molecule has 0 radical (unpaired) electrons. The minimum atomic E-state index is 0. The third-order valence-corrected chi connectivity index (χ3v) is 6.42. The van der Waals surface area contributed by atoms with E-state index in [1.54, 1.807) is 0 Å². The molecule has 1 N–H and O–H groups in total. The molecule has 156 valence electrons. The predicted molar refractivity (Wildman–Crippen MR) is 127 cm³/mol. The van der Waals surface area contributed by atoms with Gasteiger partial charge in [0.2, 0.25) is 0 Å². The molecule has 1 aromatic rings. The van der Waals surface area contributed by atoms with Crippen molar-refractivity contribution in [3.05, 3.63) is 35.9 Å². The van der Waals surface area contributed by atoms with E-state index >= 15 is 0 Å². The number of likely N-dealkylation sites (tertiary alicyclic amines) is 1. The normalized spacial score (nSPS) is 26.2. The minimum absolute atomic E-state index is 0. The van der Waals surface area contributed by atoms with Crippen LogP contribution >= 0.6 is 24.0 Å². The molecule has 4 rings (SSSR count). The van der Waals surface area contributed by atoms with Crippen molar-refractivity contribution in [2.24, 2.45) is 10.9 Å². The number of hydrogen-bond donors (Lipinski definition) is 1. The fourth-order valence-corrected chi connectivity index (χ4v) is 4.66. The molecule has 0 amide bonds. The van der Waals surface area contributed by atoms with Crippen molar-refractivity contribution in [3.63, 3.8) is 0 Å². The van der Waals surface area contributed by atoms with E-state index in [9.17, 15) is 0 Å². The van der Waals surface area contributed by atoms with Gasteiger partial charge in [-0.05, 0) is 50.5 Å². The van der Waals surface area contributed by atoms with E-state index < -0.39 is 0 Å². The Morgan fingerprint density at radius 1 is 1.11 bits per heavy atom. The number of ether oxygens (including phenoxy) is 1. The minimum Gasteiger partial charge on any atom is -0.378 e. The molecule has 3 fully saturated rings. The average molecular weight is 497 g/mol. The van der Waals surface area contributed by atoms with Gasteiger partial charge in [0, 0.05) is 38.2 Å². The Morgan fingerprint density at radius 2 is 1.82 bits per heavy atom. The zero-order chi connectivity index (χ0) is 18.5. The zero-order valence-electron chi connectivity index (χ0n) is 17.2. The Kier molecular flexibility index (Phi) is 8.45. The first kappa shape index (κ1) is 21.9. The van der Waals surface area contributed by atoms with Crippen LogP contribution in [0.2, 0.25) is 0 Å². The van der Waals surface area contributed by atoms with Crippen LogP contribution in [0.5, 0.6) is 0 Å². The quantitative estimate of drug-likeness (QED) is 0.349. The van der Waals surface area contributed by atoms with Crippen molar-refractivity contribution in [1.29, 1.82) is 0 Å². The highest BCUT2D eigenvalue weighted by molar-refractivity contribution is 14.0. The lowest BCUT2D eigenvalue weighted by Gasteiger charge is -2.34. The van der Waals surface area contributed by atoms with Crippen LogP contribution < -0.4 is 5.32 Å². The lowest BCUT2D eigenvalue weighted by atomic mass is 10.1. The number of halogens is 1. The molecule has 2 saturated carbocycles. The summed E-state index contributed by atoms with van der Waals surface area (Å²) in [4.78, 5) is 7.22. The molecular formula is C23H36IN3O. The lowest BCUT2D eigenvalue weighted by molar-refractivity contribution is 0.000993. The molecule has 1 aromatic carbocycles. The predicted octanol–water partition coefficient (Wildman–Crippen LogP) is 4.80. The molecule has 1 heterocycles. The van der Waals surface area contributed by atoms with E-state index in [0.717, 1.165) is 51.0 Å². The van der Waals surface area contributed by atoms with E-state index in [1.807, 2.05) is 0 Å². The second-order valence-electron chi connectivity index (χ2n) is 8.47. The number of hydrogen-bond acceptors (Lipinski definition) is 2. The number of guanidine groups is 1. The molecule has 1 aliphatic heterocycles. The Hall–Kier alpha value is -0.820. The van der Waals surface area contributed by atoms with Crippen LogP contribution in [0.1, 0.15) is 63.4 Å². The van der Waals surface area contributed by atoms with Gasteiger partial charge in [0.1, 0.15) is 0 Å². The molecule has 2 atom stereocenters. The number of nitrogens with zero attached hydrogens (tertiary/aromatic N) is 2. The van der Waals surface area contributed by atoms with Crippen LogP contribution in [0.4, 0.5) is 0 Å². The van der Waals surface area contributed by atoms with Crippen LogP contribution in [-0.4, -0.2) is 49.2 Å². The van der Waals surface area contributed by atoms with E-state index in [-0.39, 0.29) is 24.0 Å². The van der Waals surface area contributed by atoms with E-state index in [4.69, 9.17) is 9.73 Å². The van der Waals surface area contributed by atoms with Gasteiger partial charge < -0.3 is 15.0 Å². The second-order valence-corrected chi connectivity index (χ2v) is 8.47. The summed E-state index contributed by atoms with van der Waals surface area (Å²) in [5.74, 6) is 2.57. The third-order valence-electron chi connectivity index (χ3n) is 6.42. The Bertz CT molecular complexity index is 610. The summed E-state index contributed by atoms with van der Waals surface area (Å²) in [5, 5.41) is 3.74. The maximum absolute atomic E-state index is 6.24. The van der Waals surface area contributed by atoms with Crippen molar-refractivity contribution >= 4 is 29.9 Å². The number of rotatable bonds is 6. The molecule has 3 aliphatic rings. The highest BCUT2D eigenvalue weighted by atomic mass is 127. The van der Waals surface area contributed by atoms with Gasteiger partial charge in [0.25, 0.3) is 0 Å². The van der Waals surface area contributed by atoms with Crippen molar-refractivity contribution in [2.75, 3.05) is 26.2 Å². The third kappa shape index (κ3) is 5.85. The summed E-state index contributed by atoms with van der Waals surface area (Å²) in [7, 11) is 0. The lowest BCUT2D eigenvalue weighted by Crippen LogP contribution is -2.48. The van der Waals surface area contributed by atoms with Gasteiger partial charge in [0.15, 0.2) is 5.96 Å². The van der Waals surface area contributed by atoms with Crippen LogP contribution in [0.15, 0.2) is 35.3 Å². The summed E-state index contributed by atoms with van der Waals surface area (Å²) in [6.45, 7) is 6.07. The van der Waals surface area contributed by atoms with Gasteiger partial charge in [-0.3, -0.25) is 4.99 Å². The average Bonchev–Trinajstić information content (AvgIpc) is 3.28. The van der Waals surface area contributed by atoms with Gasteiger partial charge >= 0.3 is 0 Å². The number of benzene rings is 1. The van der Waals surface area contributed by atoms with Crippen molar-refractivity contribution < 1.29 is 4.74 Å². The standard InChI is InChI=1S/C23H35N3O.HI/c1-2-24-23(25-22-16-21(22)19-10-4-3-5-11-19)26-14-12-20(13-15-26)27-17-18-8-6-7-9-18;/h3-5,10-11,18,20-22H,2,6-9,12-17H2,1H3,(H,24,25);1H. The molecule has 2 aliphatic carbocycles. The Balaban J connectivity index is 0.00000225. The molecule has 5 heteroatoms. The molecule has 28 heavy (non-hydrogen) atoms. The van der Waals surface area contributed by atoms with Gasteiger partial charge in [-0.1, -0.05) is 43.2 Å². The molecule has 4 nitrogen and oxygen atoms in total. The SMILES string of the molecule is CCN=C(NC1CC1c1ccccc1)N1CCC(OCC2CCCC2)CC1.I. The largest absolute Gasteiger partial charge is 0.378 e. The highest BCUT2D eigenvalue weighted by Gasteiger charge is 2.39. The van der Waals surface area contributed by atoms with E-state index in [2.05, 4.69) is 47.5 Å². The Morgan fingerprint density at radius 3 is 2.50 bits per heavy atom. The summed E-state index contributed by atoms with van der Waals surface area (Å²) in [6, 6.07) is 11.4. The van der Waals surface area contributed by atoms with E-state index in [1.165, 1.54) is 37.7 Å². The highest BCUT2D eigenvalue weighted by Crippen LogP contribution is 2.40. The molecular weight excluding hydrogens is 461 g/mol. The monoisotopic (exact) mass is 497 g/mol. The molecule has 1 saturated heterocycles. The first-order valence-corrected chi connectivity index (χ1v) is 11.1. The molecule has 0 spiro atoms. The van der Waals surface area contributed by atoms with Gasteiger partial charge in [-0.15, -0.1) is 24.0 Å². The first-order valence-electron chi connectivity index (χ1n) is 11.1. The first-order chi connectivity index (χ1) is 13.3. The molecule has 0 bridgehead atoms. The van der Waals surface area contributed by atoms with Gasteiger partial charge in [0.05, 0.1) is 6.10 Å². The van der Waals surface area contributed by atoms with Crippen LogP contribution in [-0.2, 0) is 4.74 Å². The zero-order valence-corrected chi connectivity index (χ0v) is 19.5. The maximum atomic E-state index is 6.24. The summed E-state index contributed by atoms with van der Waals surface area (Å²) < 4.78 is 6.24. The van der Waals surface area contributed by atoms with Crippen molar-refractivity contribution in [3.8, 4) is 0 Å². The second kappa shape index (κ2) is 10.8. The fraction of sp³-hybridized carbons (Fsp3) is 0.696. The Labute approximate surface area is 187 Å². The smallest absolute Gasteiger partial charge is 0.194 e. The topological polar surface area (TPSA) is 36.9 Å². The van der Waals surface area contributed by atoms with Gasteiger partial charge in [-0.25, -0.2) is 0 Å².